The van der Waals surface area contributed by atoms with Crippen molar-refractivity contribution in [2.45, 2.75) is 84.4 Å². The second kappa shape index (κ2) is 15.5. The number of nitrogens with zero attached hydrogens (tertiary/aromatic N) is 1. The van der Waals surface area contributed by atoms with Crippen molar-refractivity contribution < 1.29 is 24.2 Å². The summed E-state index contributed by atoms with van der Waals surface area (Å²) < 4.78 is 5.72. The summed E-state index contributed by atoms with van der Waals surface area (Å²) >= 11 is 1.34. The highest BCUT2D eigenvalue weighted by atomic mass is 32.1. The maximum atomic E-state index is 13.0. The number of aromatic nitrogens is 1. The van der Waals surface area contributed by atoms with Gasteiger partial charge in [-0.05, 0) is 30.2 Å². The molecule has 2 aromatic rings. The topological polar surface area (TPSA) is 118 Å². The molecule has 0 aliphatic heterocycles. The molecule has 204 valence electrons. The Morgan fingerprint density at radius 3 is 2.41 bits per heavy atom. The molecular weight excluding hydrogens is 490 g/mol. The third-order valence-corrected chi connectivity index (χ3v) is 7.47. The first kappa shape index (κ1) is 30.4. The van der Waals surface area contributed by atoms with E-state index in [0.717, 1.165) is 12.0 Å². The Hall–Kier alpha value is -2.78. The number of aliphatic carboxylic acids is 1. The van der Waals surface area contributed by atoms with Gasteiger partial charge in [0.15, 0.2) is 0 Å². The van der Waals surface area contributed by atoms with Gasteiger partial charge in [-0.15, -0.1) is 11.3 Å². The highest BCUT2D eigenvalue weighted by Gasteiger charge is 2.26. The summed E-state index contributed by atoms with van der Waals surface area (Å²) in [5.41, 5.74) is 1.30. The average molecular weight is 532 g/mol. The highest BCUT2D eigenvalue weighted by Crippen LogP contribution is 2.28. The lowest BCUT2D eigenvalue weighted by Crippen LogP contribution is -2.40. The van der Waals surface area contributed by atoms with Crippen molar-refractivity contribution in [3.8, 4) is 0 Å². The van der Waals surface area contributed by atoms with E-state index in [-0.39, 0.29) is 48.0 Å². The molecule has 9 heteroatoms. The number of rotatable bonds is 16. The van der Waals surface area contributed by atoms with Gasteiger partial charge in [0.1, 0.15) is 16.8 Å². The van der Waals surface area contributed by atoms with E-state index in [1.54, 1.807) is 12.5 Å². The van der Waals surface area contributed by atoms with E-state index in [4.69, 9.17) is 9.84 Å². The van der Waals surface area contributed by atoms with Crippen molar-refractivity contribution in [3.63, 3.8) is 0 Å². The largest absolute Gasteiger partial charge is 0.481 e. The molecule has 1 aromatic heterocycles. The Morgan fingerprint density at radius 2 is 1.81 bits per heavy atom. The Kier molecular flexibility index (Phi) is 12.7. The molecule has 0 fully saturated rings. The number of thiazole rings is 1. The van der Waals surface area contributed by atoms with Gasteiger partial charge in [-0.1, -0.05) is 64.4 Å². The minimum absolute atomic E-state index is 0.0351. The number of carbonyl (C=O) groups is 3. The molecule has 3 N–H and O–H groups in total. The summed E-state index contributed by atoms with van der Waals surface area (Å²) in [4.78, 5) is 41.2. The van der Waals surface area contributed by atoms with Crippen molar-refractivity contribution in [1.29, 1.82) is 0 Å². The van der Waals surface area contributed by atoms with Crippen molar-refractivity contribution in [3.05, 3.63) is 52.0 Å². The van der Waals surface area contributed by atoms with Gasteiger partial charge in [0, 0.05) is 43.8 Å². The summed E-state index contributed by atoms with van der Waals surface area (Å²) in [7, 11) is 1.60. The van der Waals surface area contributed by atoms with Crippen LogP contribution in [0.5, 0.6) is 0 Å². The monoisotopic (exact) mass is 531 g/mol. The molecule has 0 saturated heterocycles. The zero-order chi connectivity index (χ0) is 27.4. The molecule has 4 atom stereocenters. The van der Waals surface area contributed by atoms with Crippen LogP contribution in [-0.2, 0) is 20.7 Å². The summed E-state index contributed by atoms with van der Waals surface area (Å²) in [6, 6.07) is 9.24. The molecule has 3 unspecified atom stereocenters. The lowest BCUT2D eigenvalue weighted by molar-refractivity contribution is -0.137. The SMILES string of the molecule is CC[C@H](C)CC(=O)NC(CC(OC)c1nc(C(=O)NC(CCC(=O)O)Cc2ccccc2)cs1)C(C)C. The Balaban J connectivity index is 2.07. The van der Waals surface area contributed by atoms with Crippen LogP contribution in [0.4, 0.5) is 0 Å². The van der Waals surface area contributed by atoms with Crippen LogP contribution < -0.4 is 10.6 Å². The normalized spacial score (nSPS) is 14.5. The van der Waals surface area contributed by atoms with E-state index in [9.17, 15) is 14.4 Å². The van der Waals surface area contributed by atoms with E-state index in [1.165, 1.54) is 11.3 Å². The van der Waals surface area contributed by atoms with Crippen molar-refractivity contribution in [2.75, 3.05) is 7.11 Å². The number of carboxylic acid groups (broad SMARTS) is 1. The van der Waals surface area contributed by atoms with Crippen LogP contribution in [0.25, 0.3) is 0 Å². The van der Waals surface area contributed by atoms with Crippen LogP contribution in [0.3, 0.4) is 0 Å². The predicted octanol–water partition coefficient (Wildman–Crippen LogP) is 5.00. The Bertz CT molecular complexity index is 995. The summed E-state index contributed by atoms with van der Waals surface area (Å²) in [5.74, 6) is -0.678. The third-order valence-electron chi connectivity index (χ3n) is 6.53. The Labute approximate surface area is 224 Å². The first-order chi connectivity index (χ1) is 17.6. The van der Waals surface area contributed by atoms with Crippen LogP contribution in [0, 0.1) is 11.8 Å². The first-order valence-corrected chi connectivity index (χ1v) is 13.8. The number of nitrogens with one attached hydrogen (secondary N) is 2. The molecule has 0 bridgehead atoms. The van der Waals surface area contributed by atoms with Gasteiger partial charge in [-0.3, -0.25) is 14.4 Å². The highest BCUT2D eigenvalue weighted by molar-refractivity contribution is 7.09. The summed E-state index contributed by atoms with van der Waals surface area (Å²) in [5, 5.41) is 17.6. The number of methoxy groups -OCH3 is 1. The lowest BCUT2D eigenvalue weighted by atomic mass is 9.96. The number of ether oxygens (including phenoxy) is 1. The number of amides is 2. The maximum Gasteiger partial charge on any atom is 0.303 e. The quantitative estimate of drug-likeness (QED) is 0.280. The molecule has 0 spiro atoms. The van der Waals surface area contributed by atoms with E-state index in [1.807, 2.05) is 30.3 Å². The molecule has 37 heavy (non-hydrogen) atoms. The molecule has 8 nitrogen and oxygen atoms in total. The van der Waals surface area contributed by atoms with E-state index >= 15 is 0 Å². The van der Waals surface area contributed by atoms with Crippen LogP contribution >= 0.6 is 11.3 Å². The molecule has 0 radical (unpaired) electrons. The molecule has 1 aromatic carbocycles. The Morgan fingerprint density at radius 1 is 1.11 bits per heavy atom. The maximum absolute atomic E-state index is 13.0. The fourth-order valence-electron chi connectivity index (χ4n) is 3.97. The van der Waals surface area contributed by atoms with Gasteiger partial charge in [0.2, 0.25) is 5.91 Å². The van der Waals surface area contributed by atoms with Gasteiger partial charge in [0.25, 0.3) is 5.91 Å². The van der Waals surface area contributed by atoms with E-state index in [2.05, 4.69) is 43.3 Å². The predicted molar refractivity (Wildman–Crippen MR) is 146 cm³/mol. The first-order valence-electron chi connectivity index (χ1n) is 13.0. The van der Waals surface area contributed by atoms with Crippen molar-refractivity contribution in [2.24, 2.45) is 11.8 Å². The minimum Gasteiger partial charge on any atom is -0.481 e. The molecule has 0 saturated carbocycles. The third kappa shape index (κ3) is 10.6. The van der Waals surface area contributed by atoms with Crippen LogP contribution in [0.2, 0.25) is 0 Å². The number of hydrogen-bond donors (Lipinski definition) is 3. The van der Waals surface area contributed by atoms with Crippen molar-refractivity contribution in [1.82, 2.24) is 15.6 Å². The van der Waals surface area contributed by atoms with Crippen molar-refractivity contribution >= 4 is 29.1 Å². The second-order valence-corrected chi connectivity index (χ2v) is 10.8. The zero-order valence-electron chi connectivity index (χ0n) is 22.5. The molecule has 0 aliphatic carbocycles. The molecule has 2 amide bonds. The standard InChI is InChI=1S/C28H41N3O5S/c1-6-19(4)14-25(32)30-22(18(2)3)16-24(36-5)28-31-23(17-37-28)27(35)29-21(12-13-26(33)34)15-20-10-8-7-9-11-20/h7-11,17-19,21-22,24H,6,12-16H2,1-5H3,(H,29,35)(H,30,32)(H,33,34)/t19-,21?,22?,24?/m0/s1. The molecule has 2 rings (SSSR count). The molecular formula is C28H41N3O5S. The van der Waals surface area contributed by atoms with E-state index in [0.29, 0.717) is 36.6 Å². The van der Waals surface area contributed by atoms with Crippen LogP contribution in [0.1, 0.15) is 87.0 Å². The molecule has 0 aliphatic rings. The molecule has 1 heterocycles. The summed E-state index contributed by atoms with van der Waals surface area (Å²) in [6.45, 7) is 8.26. The summed E-state index contributed by atoms with van der Waals surface area (Å²) in [6.07, 6.45) is 2.44. The smallest absolute Gasteiger partial charge is 0.303 e. The fourth-order valence-corrected chi connectivity index (χ4v) is 4.86. The number of hydrogen-bond acceptors (Lipinski definition) is 6. The zero-order valence-corrected chi connectivity index (χ0v) is 23.3. The number of carboxylic acids is 1. The second-order valence-electron chi connectivity index (χ2n) is 9.96. The minimum atomic E-state index is -0.901. The van der Waals surface area contributed by atoms with Crippen LogP contribution in [0.15, 0.2) is 35.7 Å². The lowest BCUT2D eigenvalue weighted by Gasteiger charge is -2.26. The van der Waals surface area contributed by atoms with Gasteiger partial charge in [-0.25, -0.2) is 4.98 Å². The van der Waals surface area contributed by atoms with Gasteiger partial charge < -0.3 is 20.5 Å². The van der Waals surface area contributed by atoms with E-state index < -0.39 is 5.97 Å². The van der Waals surface area contributed by atoms with Gasteiger partial charge in [-0.2, -0.15) is 0 Å². The van der Waals surface area contributed by atoms with Gasteiger partial charge >= 0.3 is 5.97 Å². The van der Waals surface area contributed by atoms with Crippen LogP contribution in [-0.4, -0.2) is 47.1 Å². The average Bonchev–Trinajstić information content (AvgIpc) is 3.35. The number of benzene rings is 1. The fraction of sp³-hybridized carbons (Fsp3) is 0.571. The number of carbonyl (C=O) groups excluding carboxylic acids is 2. The van der Waals surface area contributed by atoms with Gasteiger partial charge in [0.05, 0.1) is 0 Å².